The lowest BCUT2D eigenvalue weighted by atomic mass is 10.2. The number of hydrogen-bond donors (Lipinski definition) is 2. The van der Waals surface area contributed by atoms with E-state index < -0.39 is 0 Å². The van der Waals surface area contributed by atoms with Crippen LogP contribution >= 0.6 is 27.7 Å². The lowest BCUT2D eigenvalue weighted by Gasteiger charge is -2.05. The average molecular weight is 311 g/mol. The minimum Gasteiger partial charge on any atom is -0.292 e. The second-order valence-corrected chi connectivity index (χ2v) is 5.32. The fraction of sp³-hybridized carbons (Fsp3) is 0.0909. The van der Waals surface area contributed by atoms with Gasteiger partial charge in [-0.05, 0) is 35.0 Å². The van der Waals surface area contributed by atoms with Gasteiger partial charge in [0.15, 0.2) is 0 Å². The van der Waals surface area contributed by atoms with E-state index in [2.05, 4.69) is 62.5 Å². The first kappa shape index (κ1) is 12.3. The maximum Gasteiger partial charge on any atom is 0.238 e. The molecule has 4 nitrogen and oxygen atoms in total. The number of hydrogen-bond acceptors (Lipinski definition) is 5. The van der Waals surface area contributed by atoms with E-state index in [9.17, 15) is 0 Å². The molecule has 0 unspecified atom stereocenters. The Bertz CT molecular complexity index is 515. The van der Waals surface area contributed by atoms with Crippen LogP contribution in [0.25, 0.3) is 0 Å². The minimum atomic E-state index is 0.405. The van der Waals surface area contributed by atoms with Crippen molar-refractivity contribution in [3.8, 4) is 0 Å². The van der Waals surface area contributed by atoms with Crippen LogP contribution in [0.15, 0.2) is 44.9 Å². The van der Waals surface area contributed by atoms with E-state index in [-0.39, 0.29) is 0 Å². The molecule has 0 fully saturated rings. The van der Waals surface area contributed by atoms with Crippen molar-refractivity contribution in [2.45, 2.75) is 16.8 Å². The Morgan fingerprint density at radius 2 is 2.00 bits per heavy atom. The quantitative estimate of drug-likeness (QED) is 0.518. The molecule has 0 atom stereocenters. The van der Waals surface area contributed by atoms with E-state index in [1.54, 1.807) is 18.0 Å². The number of nitrogens with two attached hydrogens (primary N) is 1. The number of nitrogens with one attached hydrogen (secondary N) is 1. The first-order valence-corrected chi connectivity index (χ1v) is 6.53. The Kier molecular flexibility index (Phi) is 3.98. The smallest absolute Gasteiger partial charge is 0.238 e. The normalized spacial score (nSPS) is 10.3. The predicted molar refractivity (Wildman–Crippen MR) is 72.8 cm³/mol. The maximum atomic E-state index is 5.28. The highest BCUT2D eigenvalue weighted by Gasteiger charge is 2.06. The number of aromatic nitrogens is 2. The van der Waals surface area contributed by atoms with Gasteiger partial charge in [0.2, 0.25) is 5.95 Å². The highest BCUT2D eigenvalue weighted by Crippen LogP contribution is 2.31. The third kappa shape index (κ3) is 3.18. The largest absolute Gasteiger partial charge is 0.292 e. The van der Waals surface area contributed by atoms with Gasteiger partial charge >= 0.3 is 0 Å². The van der Waals surface area contributed by atoms with Crippen LogP contribution in [0, 0.1) is 6.92 Å². The third-order valence-electron chi connectivity index (χ3n) is 2.08. The molecule has 0 aliphatic carbocycles. The second-order valence-electron chi connectivity index (χ2n) is 3.41. The molecule has 3 N–H and O–H groups in total. The van der Waals surface area contributed by atoms with Gasteiger partial charge in [-0.25, -0.2) is 15.8 Å². The van der Waals surface area contributed by atoms with Crippen LogP contribution in [-0.2, 0) is 0 Å². The lowest BCUT2D eigenvalue weighted by molar-refractivity contribution is 1.01. The Morgan fingerprint density at radius 3 is 2.65 bits per heavy atom. The molecule has 88 valence electrons. The molecule has 0 saturated carbocycles. The van der Waals surface area contributed by atoms with Crippen LogP contribution in [0.3, 0.4) is 0 Å². The molecule has 0 aliphatic heterocycles. The summed E-state index contributed by atoms with van der Waals surface area (Å²) in [5.74, 6) is 5.69. The Balaban J connectivity index is 2.25. The van der Waals surface area contributed by atoms with E-state index >= 15 is 0 Å². The van der Waals surface area contributed by atoms with E-state index in [4.69, 9.17) is 5.84 Å². The van der Waals surface area contributed by atoms with Crippen molar-refractivity contribution in [3.05, 3.63) is 40.5 Å². The van der Waals surface area contributed by atoms with Gasteiger partial charge in [0.25, 0.3) is 0 Å². The van der Waals surface area contributed by atoms with Crippen molar-refractivity contribution in [1.82, 2.24) is 9.97 Å². The van der Waals surface area contributed by atoms with Crippen LogP contribution in [0.4, 0.5) is 5.95 Å². The monoisotopic (exact) mass is 310 g/mol. The molecule has 0 bridgehead atoms. The summed E-state index contributed by atoms with van der Waals surface area (Å²) in [7, 11) is 0. The summed E-state index contributed by atoms with van der Waals surface area (Å²) in [6.07, 6.45) is 1.68. The number of nitrogens with zero attached hydrogens (tertiary/aromatic N) is 2. The number of anilines is 1. The molecular formula is C11H11BrN4S. The third-order valence-corrected chi connectivity index (χ3v) is 3.93. The van der Waals surface area contributed by atoms with Gasteiger partial charge in [-0.1, -0.05) is 29.5 Å². The van der Waals surface area contributed by atoms with Crippen molar-refractivity contribution in [1.29, 1.82) is 0 Å². The zero-order valence-corrected chi connectivity index (χ0v) is 11.5. The van der Waals surface area contributed by atoms with E-state index in [0.717, 1.165) is 14.4 Å². The molecule has 0 aliphatic rings. The number of aryl methyl sites for hydroxylation is 1. The topological polar surface area (TPSA) is 63.8 Å². The van der Waals surface area contributed by atoms with Crippen LogP contribution in [0.2, 0.25) is 0 Å². The summed E-state index contributed by atoms with van der Waals surface area (Å²) < 4.78 is 0.849. The second kappa shape index (κ2) is 5.48. The molecule has 0 amide bonds. The number of benzene rings is 1. The molecule has 1 heterocycles. The Labute approximate surface area is 112 Å². The molecule has 1 aromatic carbocycles. The summed E-state index contributed by atoms with van der Waals surface area (Å²) in [4.78, 5) is 9.41. The molecule has 1 aromatic heterocycles. The Hall–Kier alpha value is -1.11. The van der Waals surface area contributed by atoms with Crippen LogP contribution in [0.5, 0.6) is 0 Å². The highest BCUT2D eigenvalue weighted by molar-refractivity contribution is 9.10. The van der Waals surface area contributed by atoms with Gasteiger partial charge in [-0.2, -0.15) is 0 Å². The molecule has 0 radical (unpaired) electrons. The highest BCUT2D eigenvalue weighted by atomic mass is 79.9. The predicted octanol–water partition coefficient (Wildman–Crippen LogP) is 2.98. The fourth-order valence-corrected chi connectivity index (χ4v) is 2.42. The Morgan fingerprint density at radius 1 is 1.29 bits per heavy atom. The summed E-state index contributed by atoms with van der Waals surface area (Å²) in [6, 6.07) is 8.26. The SMILES string of the molecule is Cc1ccc(Sc2nc(NN)ncc2Br)cc1. The zero-order valence-electron chi connectivity index (χ0n) is 9.14. The van der Waals surface area contributed by atoms with Crippen molar-refractivity contribution >= 4 is 33.6 Å². The van der Waals surface area contributed by atoms with E-state index in [1.165, 1.54) is 5.56 Å². The molecular weight excluding hydrogens is 300 g/mol. The van der Waals surface area contributed by atoms with Crippen molar-refractivity contribution in [2.24, 2.45) is 5.84 Å². The minimum absolute atomic E-state index is 0.405. The average Bonchev–Trinajstić information content (AvgIpc) is 2.35. The van der Waals surface area contributed by atoms with E-state index in [1.807, 2.05) is 0 Å². The maximum absolute atomic E-state index is 5.28. The molecule has 2 rings (SSSR count). The number of halogens is 1. The molecule has 6 heteroatoms. The first-order valence-electron chi connectivity index (χ1n) is 4.92. The summed E-state index contributed by atoms with van der Waals surface area (Å²) in [5, 5.41) is 0.830. The lowest BCUT2D eigenvalue weighted by Crippen LogP contribution is -2.10. The molecule has 0 saturated heterocycles. The van der Waals surface area contributed by atoms with Gasteiger partial charge in [-0.15, -0.1) is 0 Å². The first-order chi connectivity index (χ1) is 8.19. The number of hydrazine groups is 1. The van der Waals surface area contributed by atoms with Crippen LogP contribution < -0.4 is 11.3 Å². The van der Waals surface area contributed by atoms with Crippen LogP contribution in [0.1, 0.15) is 5.56 Å². The summed E-state index contributed by atoms with van der Waals surface area (Å²) in [5.41, 5.74) is 3.67. The van der Waals surface area contributed by atoms with E-state index in [0.29, 0.717) is 5.95 Å². The van der Waals surface area contributed by atoms with Gasteiger partial charge in [0.05, 0.1) is 4.47 Å². The van der Waals surface area contributed by atoms with Crippen molar-refractivity contribution in [2.75, 3.05) is 5.43 Å². The summed E-state index contributed by atoms with van der Waals surface area (Å²) >= 11 is 4.98. The van der Waals surface area contributed by atoms with Crippen LogP contribution in [-0.4, -0.2) is 9.97 Å². The van der Waals surface area contributed by atoms with Gasteiger partial charge in [0.1, 0.15) is 5.03 Å². The summed E-state index contributed by atoms with van der Waals surface area (Å²) in [6.45, 7) is 2.06. The van der Waals surface area contributed by atoms with Crippen molar-refractivity contribution in [3.63, 3.8) is 0 Å². The molecule has 0 spiro atoms. The fourth-order valence-electron chi connectivity index (χ4n) is 1.21. The number of nitrogen functional groups attached to an aromatic ring is 1. The van der Waals surface area contributed by atoms with Crippen molar-refractivity contribution < 1.29 is 0 Å². The number of rotatable bonds is 3. The van der Waals surface area contributed by atoms with Gasteiger partial charge in [0, 0.05) is 11.1 Å². The molecule has 2 aromatic rings. The van der Waals surface area contributed by atoms with Gasteiger partial charge in [-0.3, -0.25) is 5.43 Å². The standard InChI is InChI=1S/C11H11BrN4S/c1-7-2-4-8(5-3-7)17-10-9(12)6-14-11(15-10)16-13/h2-6H,13H2,1H3,(H,14,15,16). The van der Waals surface area contributed by atoms with Gasteiger partial charge < -0.3 is 0 Å². The molecule has 17 heavy (non-hydrogen) atoms. The zero-order chi connectivity index (χ0) is 12.3.